The molecule has 1 aliphatic rings. The maximum atomic E-state index is 11.4. The number of hydrogen-bond acceptors (Lipinski definition) is 8. The van der Waals surface area contributed by atoms with Gasteiger partial charge in [0.2, 0.25) is 0 Å². The number of carbonyl (C=O) groups is 4. The minimum atomic E-state index is -0.453. The lowest BCUT2D eigenvalue weighted by atomic mass is 10.3. The SMILES string of the molecule is O=C1CCC(=O)OCCCCOC(=O)CCC(=O)OCCCCO1. The third-order valence-electron chi connectivity index (χ3n) is 3.20. The van der Waals surface area contributed by atoms with Crippen LogP contribution in [0.1, 0.15) is 51.4 Å². The van der Waals surface area contributed by atoms with Crippen molar-refractivity contribution in [2.24, 2.45) is 0 Å². The predicted molar refractivity (Wildman–Crippen MR) is 80.8 cm³/mol. The normalized spacial score (nSPS) is 21.0. The van der Waals surface area contributed by atoms with Gasteiger partial charge in [0.25, 0.3) is 0 Å². The first kappa shape index (κ1) is 19.9. The third-order valence-corrected chi connectivity index (χ3v) is 3.20. The number of hydrogen-bond donors (Lipinski definition) is 0. The standard InChI is InChI=1S/C16H24O8/c17-13-5-6-15(19)23-11-3-4-12-24-16(20)8-7-14(18)22-10-2-1-9-21-13/h1-12H2. The topological polar surface area (TPSA) is 105 Å². The Morgan fingerprint density at radius 2 is 0.625 bits per heavy atom. The van der Waals surface area contributed by atoms with E-state index >= 15 is 0 Å². The van der Waals surface area contributed by atoms with E-state index in [0.717, 1.165) is 0 Å². The van der Waals surface area contributed by atoms with Gasteiger partial charge in [-0.15, -0.1) is 0 Å². The molecule has 0 spiro atoms. The predicted octanol–water partition coefficient (Wildman–Crippen LogP) is 1.29. The summed E-state index contributed by atoms with van der Waals surface area (Å²) in [4.78, 5) is 45.7. The molecule has 0 saturated carbocycles. The van der Waals surface area contributed by atoms with Gasteiger partial charge in [-0.25, -0.2) is 0 Å². The number of rotatable bonds is 0. The summed E-state index contributed by atoms with van der Waals surface area (Å²) in [5.74, 6) is -1.81. The van der Waals surface area contributed by atoms with Crippen LogP contribution in [0.25, 0.3) is 0 Å². The molecule has 0 bridgehead atoms. The molecule has 1 heterocycles. The monoisotopic (exact) mass is 344 g/mol. The average Bonchev–Trinajstić information content (AvgIpc) is 2.56. The molecule has 0 aromatic heterocycles. The first-order valence-electron chi connectivity index (χ1n) is 8.20. The summed E-state index contributed by atoms with van der Waals surface area (Å²) in [6.07, 6.45) is 2.10. The van der Waals surface area contributed by atoms with Gasteiger partial charge >= 0.3 is 23.9 Å². The summed E-state index contributed by atoms with van der Waals surface area (Å²) in [5.41, 5.74) is 0. The van der Waals surface area contributed by atoms with Crippen molar-refractivity contribution < 1.29 is 38.1 Å². The van der Waals surface area contributed by atoms with E-state index in [-0.39, 0.29) is 52.1 Å². The van der Waals surface area contributed by atoms with Gasteiger partial charge in [0.05, 0.1) is 52.1 Å². The molecule has 1 aliphatic heterocycles. The molecule has 0 aromatic rings. The van der Waals surface area contributed by atoms with Crippen molar-refractivity contribution in [3.05, 3.63) is 0 Å². The molecular weight excluding hydrogens is 320 g/mol. The summed E-state index contributed by atoms with van der Waals surface area (Å²) in [7, 11) is 0. The zero-order valence-corrected chi connectivity index (χ0v) is 13.8. The van der Waals surface area contributed by atoms with E-state index in [1.807, 2.05) is 0 Å². The van der Waals surface area contributed by atoms with Crippen molar-refractivity contribution in [3.8, 4) is 0 Å². The molecule has 0 unspecified atom stereocenters. The second-order valence-electron chi connectivity index (χ2n) is 5.30. The lowest BCUT2D eigenvalue weighted by Gasteiger charge is -2.08. The van der Waals surface area contributed by atoms with Gasteiger partial charge < -0.3 is 18.9 Å². The van der Waals surface area contributed by atoms with Crippen molar-refractivity contribution in [1.29, 1.82) is 0 Å². The van der Waals surface area contributed by atoms with Crippen LogP contribution in [0.3, 0.4) is 0 Å². The van der Waals surface area contributed by atoms with E-state index in [0.29, 0.717) is 25.7 Å². The maximum Gasteiger partial charge on any atom is 0.306 e. The highest BCUT2D eigenvalue weighted by Crippen LogP contribution is 2.02. The van der Waals surface area contributed by atoms with Crippen molar-refractivity contribution in [2.45, 2.75) is 51.4 Å². The quantitative estimate of drug-likeness (QED) is 0.478. The van der Waals surface area contributed by atoms with E-state index in [4.69, 9.17) is 18.9 Å². The van der Waals surface area contributed by atoms with Crippen LogP contribution in [0.2, 0.25) is 0 Å². The van der Waals surface area contributed by atoms with Crippen molar-refractivity contribution in [1.82, 2.24) is 0 Å². The Labute approximate surface area is 140 Å². The molecule has 1 rings (SSSR count). The van der Waals surface area contributed by atoms with Crippen LogP contribution >= 0.6 is 0 Å². The van der Waals surface area contributed by atoms with Crippen LogP contribution in [-0.4, -0.2) is 50.3 Å². The zero-order chi connectivity index (χ0) is 17.6. The molecule has 1 fully saturated rings. The highest BCUT2D eigenvalue weighted by molar-refractivity contribution is 5.78. The van der Waals surface area contributed by atoms with Gasteiger partial charge in [-0.1, -0.05) is 0 Å². The number of ether oxygens (including phenoxy) is 4. The zero-order valence-electron chi connectivity index (χ0n) is 13.8. The Hall–Kier alpha value is -2.12. The molecule has 0 radical (unpaired) electrons. The van der Waals surface area contributed by atoms with Gasteiger partial charge in [0.1, 0.15) is 0 Å². The Kier molecular flexibility index (Phi) is 10.2. The molecule has 0 aromatic carbocycles. The van der Waals surface area contributed by atoms with E-state index in [1.165, 1.54) is 0 Å². The molecule has 0 amide bonds. The van der Waals surface area contributed by atoms with E-state index in [1.54, 1.807) is 0 Å². The third kappa shape index (κ3) is 10.6. The van der Waals surface area contributed by atoms with E-state index in [9.17, 15) is 19.2 Å². The van der Waals surface area contributed by atoms with Crippen LogP contribution < -0.4 is 0 Å². The average molecular weight is 344 g/mol. The van der Waals surface area contributed by atoms with Crippen LogP contribution in [0.5, 0.6) is 0 Å². The highest BCUT2D eigenvalue weighted by Gasteiger charge is 2.11. The molecule has 1 saturated heterocycles. The molecule has 136 valence electrons. The molecule has 0 N–H and O–H groups in total. The molecule has 24 heavy (non-hydrogen) atoms. The smallest absolute Gasteiger partial charge is 0.306 e. The Morgan fingerprint density at radius 1 is 0.417 bits per heavy atom. The molecular formula is C16H24O8. The maximum absolute atomic E-state index is 11.4. The minimum Gasteiger partial charge on any atom is -0.466 e. The Balaban J connectivity index is 2.34. The lowest BCUT2D eigenvalue weighted by molar-refractivity contribution is -0.152. The van der Waals surface area contributed by atoms with Crippen molar-refractivity contribution in [3.63, 3.8) is 0 Å². The summed E-state index contributed by atoms with van der Waals surface area (Å²) < 4.78 is 19.9. The molecule has 8 heteroatoms. The van der Waals surface area contributed by atoms with Crippen molar-refractivity contribution >= 4 is 23.9 Å². The molecule has 0 aliphatic carbocycles. The van der Waals surface area contributed by atoms with E-state index in [2.05, 4.69) is 0 Å². The highest BCUT2D eigenvalue weighted by atomic mass is 16.5. The number of carbonyl (C=O) groups excluding carboxylic acids is 4. The largest absolute Gasteiger partial charge is 0.466 e. The molecule has 8 nitrogen and oxygen atoms in total. The van der Waals surface area contributed by atoms with Crippen molar-refractivity contribution in [2.75, 3.05) is 26.4 Å². The fourth-order valence-corrected chi connectivity index (χ4v) is 1.85. The van der Waals surface area contributed by atoms with Crippen LogP contribution in [0.15, 0.2) is 0 Å². The fraction of sp³-hybridized carbons (Fsp3) is 0.750. The first-order chi connectivity index (χ1) is 11.6. The minimum absolute atomic E-state index is 0.0224. The Morgan fingerprint density at radius 3 is 0.833 bits per heavy atom. The van der Waals surface area contributed by atoms with Gasteiger partial charge in [0.15, 0.2) is 0 Å². The summed E-state index contributed by atoms with van der Waals surface area (Å²) in [6.45, 7) is 0.824. The summed E-state index contributed by atoms with van der Waals surface area (Å²) in [5, 5.41) is 0. The van der Waals surface area contributed by atoms with Gasteiger partial charge in [0, 0.05) is 0 Å². The second kappa shape index (κ2) is 12.3. The summed E-state index contributed by atoms with van der Waals surface area (Å²) >= 11 is 0. The first-order valence-corrected chi connectivity index (χ1v) is 8.20. The van der Waals surface area contributed by atoms with Gasteiger partial charge in [-0.3, -0.25) is 19.2 Å². The number of cyclic esters (lactones) is 4. The molecule has 0 atom stereocenters. The van der Waals surface area contributed by atoms with Crippen LogP contribution in [0, 0.1) is 0 Å². The van der Waals surface area contributed by atoms with E-state index < -0.39 is 23.9 Å². The van der Waals surface area contributed by atoms with Crippen LogP contribution in [-0.2, 0) is 38.1 Å². The lowest BCUT2D eigenvalue weighted by Crippen LogP contribution is -2.14. The second-order valence-corrected chi connectivity index (χ2v) is 5.30. The number of esters is 4. The van der Waals surface area contributed by atoms with Gasteiger partial charge in [-0.2, -0.15) is 0 Å². The fourth-order valence-electron chi connectivity index (χ4n) is 1.85. The van der Waals surface area contributed by atoms with Crippen LogP contribution in [0.4, 0.5) is 0 Å². The Bertz CT molecular complexity index is 352. The van der Waals surface area contributed by atoms with Gasteiger partial charge in [-0.05, 0) is 25.7 Å². The summed E-state index contributed by atoms with van der Waals surface area (Å²) in [6, 6.07) is 0.